The van der Waals surface area contributed by atoms with E-state index in [1.807, 2.05) is 0 Å². The van der Waals surface area contributed by atoms with Crippen molar-refractivity contribution in [2.24, 2.45) is 5.92 Å². The van der Waals surface area contributed by atoms with Gasteiger partial charge in [0.1, 0.15) is 0 Å². The van der Waals surface area contributed by atoms with Crippen LogP contribution in [-0.4, -0.2) is 18.4 Å². The zero-order valence-corrected chi connectivity index (χ0v) is 14.8. The van der Waals surface area contributed by atoms with E-state index in [2.05, 4.69) is 19.2 Å². The van der Waals surface area contributed by atoms with E-state index in [9.17, 15) is 0 Å². The predicted molar refractivity (Wildman–Crippen MR) is 94.6 cm³/mol. The summed E-state index contributed by atoms with van der Waals surface area (Å²) in [4.78, 5) is 0. The summed E-state index contributed by atoms with van der Waals surface area (Å²) >= 11 is 0. The molecule has 0 aromatic rings. The van der Waals surface area contributed by atoms with Crippen molar-refractivity contribution in [3.8, 4) is 0 Å². The summed E-state index contributed by atoms with van der Waals surface area (Å²) in [6.07, 6.45) is 19.7. The van der Waals surface area contributed by atoms with Gasteiger partial charge in [-0.2, -0.15) is 0 Å². The Kier molecular flexibility index (Phi) is 17.9. The zero-order chi connectivity index (χ0) is 15.6. The van der Waals surface area contributed by atoms with Crippen molar-refractivity contribution in [3.63, 3.8) is 0 Å². The maximum Gasteiger partial charge on any atom is 0.0931 e. The molecule has 0 aromatic heterocycles. The normalized spacial score (nSPS) is 11.4. The van der Waals surface area contributed by atoms with Crippen LogP contribution in [-0.2, 0) is 0 Å². The lowest BCUT2D eigenvalue weighted by atomic mass is 10.0. The second kappa shape index (κ2) is 18.0. The number of nitrogens with one attached hydrogen (secondary N) is 1. The van der Waals surface area contributed by atoms with Crippen molar-refractivity contribution < 1.29 is 5.11 Å². The van der Waals surface area contributed by atoms with Crippen LogP contribution < -0.4 is 5.32 Å². The topological polar surface area (TPSA) is 32.3 Å². The Morgan fingerprint density at radius 1 is 0.619 bits per heavy atom. The smallest absolute Gasteiger partial charge is 0.0931 e. The first-order chi connectivity index (χ1) is 10.3. The fourth-order valence-corrected chi connectivity index (χ4v) is 2.83. The van der Waals surface area contributed by atoms with Gasteiger partial charge in [-0.15, -0.1) is 0 Å². The maximum atomic E-state index is 8.58. The van der Waals surface area contributed by atoms with Crippen LogP contribution in [0.15, 0.2) is 0 Å². The Balaban J connectivity index is 2.93. The molecule has 2 nitrogen and oxygen atoms in total. The van der Waals surface area contributed by atoms with Crippen LogP contribution in [0.25, 0.3) is 0 Å². The first-order valence-corrected chi connectivity index (χ1v) is 9.59. The molecule has 0 saturated carbocycles. The molecule has 0 aliphatic heterocycles. The van der Waals surface area contributed by atoms with E-state index in [4.69, 9.17) is 5.11 Å². The molecule has 0 amide bonds. The number of rotatable bonds is 17. The van der Waals surface area contributed by atoms with Gasteiger partial charge in [0.15, 0.2) is 0 Å². The highest BCUT2D eigenvalue weighted by Gasteiger charge is 1.96. The van der Waals surface area contributed by atoms with E-state index in [-0.39, 0.29) is 6.73 Å². The first kappa shape index (κ1) is 20.9. The molecule has 21 heavy (non-hydrogen) atoms. The molecule has 0 aliphatic carbocycles. The Hall–Kier alpha value is -0.0800. The third-order valence-corrected chi connectivity index (χ3v) is 4.25. The second-order valence-electron chi connectivity index (χ2n) is 6.94. The van der Waals surface area contributed by atoms with Gasteiger partial charge in [0.25, 0.3) is 0 Å². The highest BCUT2D eigenvalue weighted by Crippen LogP contribution is 2.14. The Labute approximate surface area is 134 Å². The average Bonchev–Trinajstić information content (AvgIpc) is 2.46. The van der Waals surface area contributed by atoms with Gasteiger partial charge in [0, 0.05) is 0 Å². The summed E-state index contributed by atoms with van der Waals surface area (Å²) in [6.45, 7) is 5.74. The van der Waals surface area contributed by atoms with Crippen molar-refractivity contribution >= 4 is 0 Å². The fourth-order valence-electron chi connectivity index (χ4n) is 2.83. The monoisotopic (exact) mass is 299 g/mol. The molecule has 0 aliphatic rings. The van der Waals surface area contributed by atoms with Gasteiger partial charge < -0.3 is 5.11 Å². The fraction of sp³-hybridized carbons (Fsp3) is 1.00. The standard InChI is InChI=1S/C19H41NO/c1-19(2)16-14-12-10-8-6-4-3-5-7-9-11-13-15-17-20-18-21/h19-21H,3-18H2,1-2H3. The molecule has 0 aromatic carbocycles. The molecule has 128 valence electrons. The lowest BCUT2D eigenvalue weighted by Gasteiger charge is -2.05. The minimum atomic E-state index is 0.123. The summed E-state index contributed by atoms with van der Waals surface area (Å²) in [5.41, 5.74) is 0. The molecule has 0 bridgehead atoms. The maximum absolute atomic E-state index is 8.58. The number of aliphatic hydroxyl groups is 1. The molecule has 0 heterocycles. The van der Waals surface area contributed by atoms with Gasteiger partial charge >= 0.3 is 0 Å². The Morgan fingerprint density at radius 2 is 1.00 bits per heavy atom. The lowest BCUT2D eigenvalue weighted by Crippen LogP contribution is -2.15. The number of unbranched alkanes of at least 4 members (excludes halogenated alkanes) is 12. The van der Waals surface area contributed by atoms with Crippen LogP contribution >= 0.6 is 0 Å². The molecule has 0 saturated heterocycles. The largest absolute Gasteiger partial charge is 0.381 e. The number of hydrogen-bond acceptors (Lipinski definition) is 2. The molecule has 2 N–H and O–H groups in total. The highest BCUT2D eigenvalue weighted by molar-refractivity contribution is 4.51. The van der Waals surface area contributed by atoms with Gasteiger partial charge in [-0.3, -0.25) is 5.32 Å². The van der Waals surface area contributed by atoms with Crippen LogP contribution in [0.4, 0.5) is 0 Å². The van der Waals surface area contributed by atoms with Gasteiger partial charge in [-0.1, -0.05) is 97.3 Å². The van der Waals surface area contributed by atoms with Crippen molar-refractivity contribution in [1.82, 2.24) is 5.32 Å². The molecule has 0 radical (unpaired) electrons. The summed E-state index contributed by atoms with van der Waals surface area (Å²) in [6, 6.07) is 0. The molecular formula is C19H41NO. The van der Waals surface area contributed by atoms with E-state index < -0.39 is 0 Å². The van der Waals surface area contributed by atoms with E-state index in [0.29, 0.717) is 0 Å². The SMILES string of the molecule is CC(C)CCCCCCCCCCCCCCCNCO. The highest BCUT2D eigenvalue weighted by atomic mass is 16.3. The van der Waals surface area contributed by atoms with E-state index in [0.717, 1.165) is 12.5 Å². The minimum Gasteiger partial charge on any atom is -0.381 e. The molecule has 0 rings (SSSR count). The van der Waals surface area contributed by atoms with E-state index >= 15 is 0 Å². The zero-order valence-electron chi connectivity index (χ0n) is 14.8. The van der Waals surface area contributed by atoms with Crippen LogP contribution in [0.3, 0.4) is 0 Å². The summed E-state index contributed by atoms with van der Waals surface area (Å²) in [5, 5.41) is 11.5. The lowest BCUT2D eigenvalue weighted by molar-refractivity contribution is 0.260. The van der Waals surface area contributed by atoms with Gasteiger partial charge in [-0.25, -0.2) is 0 Å². The van der Waals surface area contributed by atoms with Gasteiger partial charge in [0.05, 0.1) is 6.73 Å². The molecule has 0 spiro atoms. The van der Waals surface area contributed by atoms with E-state index in [1.165, 1.54) is 89.9 Å². The van der Waals surface area contributed by atoms with Crippen LogP contribution in [0.2, 0.25) is 0 Å². The summed E-state index contributed by atoms with van der Waals surface area (Å²) < 4.78 is 0. The van der Waals surface area contributed by atoms with Crippen molar-refractivity contribution in [1.29, 1.82) is 0 Å². The minimum absolute atomic E-state index is 0.123. The summed E-state index contributed by atoms with van der Waals surface area (Å²) in [7, 11) is 0. The molecule has 0 fully saturated rings. The van der Waals surface area contributed by atoms with Gasteiger partial charge in [0.2, 0.25) is 0 Å². The number of aliphatic hydroxyl groups excluding tert-OH is 1. The quantitative estimate of drug-likeness (QED) is 0.269. The van der Waals surface area contributed by atoms with Crippen molar-refractivity contribution in [2.75, 3.05) is 13.3 Å². The Morgan fingerprint density at radius 3 is 1.38 bits per heavy atom. The Bertz CT molecular complexity index is 182. The van der Waals surface area contributed by atoms with Crippen LogP contribution in [0.5, 0.6) is 0 Å². The second-order valence-corrected chi connectivity index (χ2v) is 6.94. The van der Waals surface area contributed by atoms with Crippen LogP contribution in [0, 0.1) is 5.92 Å². The number of hydrogen-bond donors (Lipinski definition) is 2. The third-order valence-electron chi connectivity index (χ3n) is 4.25. The molecule has 0 unspecified atom stereocenters. The summed E-state index contributed by atoms with van der Waals surface area (Å²) in [5.74, 6) is 0.885. The molecular weight excluding hydrogens is 258 g/mol. The third kappa shape index (κ3) is 19.9. The molecule has 0 atom stereocenters. The van der Waals surface area contributed by atoms with Gasteiger partial charge in [-0.05, 0) is 18.9 Å². The molecule has 2 heteroatoms. The van der Waals surface area contributed by atoms with Crippen molar-refractivity contribution in [2.45, 2.75) is 104 Å². The predicted octanol–water partition coefficient (Wildman–Crippen LogP) is 5.64. The van der Waals surface area contributed by atoms with Crippen LogP contribution in [0.1, 0.15) is 104 Å². The van der Waals surface area contributed by atoms with Crippen molar-refractivity contribution in [3.05, 3.63) is 0 Å². The van der Waals surface area contributed by atoms with E-state index in [1.54, 1.807) is 0 Å². The first-order valence-electron chi connectivity index (χ1n) is 9.59. The average molecular weight is 300 g/mol.